The molecule has 5 heteroatoms. The number of hydrogen-bond donors (Lipinski definition) is 3. The highest BCUT2D eigenvalue weighted by Gasteiger charge is 2.25. The van der Waals surface area contributed by atoms with Gasteiger partial charge in [0.25, 0.3) is 0 Å². The van der Waals surface area contributed by atoms with Crippen LogP contribution in [-0.2, 0) is 11.2 Å². The first-order valence-corrected chi connectivity index (χ1v) is 11.1. The lowest BCUT2D eigenvalue weighted by Crippen LogP contribution is -2.22. The van der Waals surface area contributed by atoms with E-state index in [0.29, 0.717) is 42.1 Å². The molecule has 1 aromatic rings. The van der Waals surface area contributed by atoms with Crippen molar-refractivity contribution in [3.63, 3.8) is 0 Å². The second-order valence-electron chi connectivity index (χ2n) is 8.60. The lowest BCUT2D eigenvalue weighted by molar-refractivity contribution is -0.120. The number of benzene rings is 1. The van der Waals surface area contributed by atoms with Crippen molar-refractivity contribution in [2.24, 2.45) is 11.8 Å². The van der Waals surface area contributed by atoms with Crippen LogP contribution in [0.5, 0.6) is 0 Å². The van der Waals surface area contributed by atoms with Crippen molar-refractivity contribution in [1.29, 1.82) is 5.41 Å². The molecule has 1 aromatic carbocycles. The summed E-state index contributed by atoms with van der Waals surface area (Å²) in [6.07, 6.45) is 6.76. The highest BCUT2D eigenvalue weighted by molar-refractivity contribution is 6.09. The minimum Gasteiger partial charge on any atom is -0.399 e. The number of unbranched alkanes of at least 4 members (excludes halogenated alkanes) is 1. The topological polar surface area (TPSA) is 104 Å². The van der Waals surface area contributed by atoms with Gasteiger partial charge in [0.15, 0.2) is 5.78 Å². The van der Waals surface area contributed by atoms with Crippen LogP contribution in [0.25, 0.3) is 0 Å². The van der Waals surface area contributed by atoms with Gasteiger partial charge in [-0.2, -0.15) is 0 Å². The summed E-state index contributed by atoms with van der Waals surface area (Å²) in [7, 11) is 0. The minimum atomic E-state index is -0.0368. The lowest BCUT2D eigenvalue weighted by atomic mass is 9.76. The molecule has 2 rings (SSSR count). The zero-order valence-corrected chi connectivity index (χ0v) is 18.2. The van der Waals surface area contributed by atoms with Crippen LogP contribution < -0.4 is 5.73 Å². The second-order valence-corrected chi connectivity index (χ2v) is 8.60. The van der Waals surface area contributed by atoms with Gasteiger partial charge < -0.3 is 16.2 Å². The third-order valence-corrected chi connectivity index (χ3v) is 6.17. The van der Waals surface area contributed by atoms with Crippen LogP contribution in [0, 0.1) is 17.2 Å². The van der Waals surface area contributed by atoms with Gasteiger partial charge in [0.05, 0.1) is 0 Å². The number of aliphatic hydroxyl groups excluding tert-OH is 1. The molecule has 0 spiro atoms. The van der Waals surface area contributed by atoms with Gasteiger partial charge in [-0.15, -0.1) is 0 Å². The SMILES string of the molecule is C=C1CCC(CC(=O)CCCCC(=N)CC(=O)c2ccc(N)cc2CC)C[C@H]1CO. The number of aliphatic hydroxyl groups is 1. The summed E-state index contributed by atoms with van der Waals surface area (Å²) in [5.41, 5.74) is 9.55. The van der Waals surface area contributed by atoms with E-state index in [1.165, 1.54) is 0 Å². The number of hydrogen-bond acceptors (Lipinski definition) is 5. The molecule has 0 bridgehead atoms. The van der Waals surface area contributed by atoms with E-state index >= 15 is 0 Å². The van der Waals surface area contributed by atoms with E-state index in [9.17, 15) is 14.7 Å². The lowest BCUT2D eigenvalue weighted by Gasteiger charge is -2.29. The van der Waals surface area contributed by atoms with Crippen LogP contribution in [0.4, 0.5) is 5.69 Å². The molecule has 1 aliphatic rings. The van der Waals surface area contributed by atoms with Crippen molar-refractivity contribution >= 4 is 23.0 Å². The molecule has 1 unspecified atom stereocenters. The molecule has 0 aromatic heterocycles. The molecule has 4 N–H and O–H groups in total. The van der Waals surface area contributed by atoms with Crippen molar-refractivity contribution in [3.8, 4) is 0 Å². The van der Waals surface area contributed by atoms with Gasteiger partial charge >= 0.3 is 0 Å². The molecule has 0 saturated heterocycles. The number of carbonyl (C=O) groups is 2. The van der Waals surface area contributed by atoms with E-state index < -0.39 is 0 Å². The molecular formula is C25H36N2O3. The summed E-state index contributed by atoms with van der Waals surface area (Å²) in [5, 5.41) is 17.5. The highest BCUT2D eigenvalue weighted by Crippen LogP contribution is 2.34. The number of nitrogens with two attached hydrogens (primary N) is 1. The first-order valence-electron chi connectivity index (χ1n) is 11.1. The number of nitrogen functional groups attached to an aromatic ring is 1. The summed E-state index contributed by atoms with van der Waals surface area (Å²) in [4.78, 5) is 24.8. The molecule has 5 nitrogen and oxygen atoms in total. The maximum Gasteiger partial charge on any atom is 0.168 e. The Morgan fingerprint density at radius 3 is 2.70 bits per heavy atom. The van der Waals surface area contributed by atoms with Crippen molar-refractivity contribution in [3.05, 3.63) is 41.5 Å². The molecular weight excluding hydrogens is 376 g/mol. The molecule has 1 fully saturated rings. The van der Waals surface area contributed by atoms with Crippen molar-refractivity contribution < 1.29 is 14.7 Å². The maximum absolute atomic E-state index is 12.5. The van der Waals surface area contributed by atoms with E-state index in [-0.39, 0.29) is 30.5 Å². The van der Waals surface area contributed by atoms with Gasteiger partial charge in [0, 0.05) is 48.7 Å². The average molecular weight is 413 g/mol. The fourth-order valence-corrected chi connectivity index (χ4v) is 4.31. The monoisotopic (exact) mass is 412 g/mol. The Morgan fingerprint density at radius 2 is 2.00 bits per heavy atom. The van der Waals surface area contributed by atoms with E-state index in [0.717, 1.165) is 49.7 Å². The summed E-state index contributed by atoms with van der Waals surface area (Å²) in [6, 6.07) is 5.31. The second kappa shape index (κ2) is 11.8. The van der Waals surface area contributed by atoms with Gasteiger partial charge in [-0.3, -0.25) is 9.59 Å². The summed E-state index contributed by atoms with van der Waals surface area (Å²) in [6.45, 7) is 6.13. The molecule has 0 aliphatic heterocycles. The Morgan fingerprint density at radius 1 is 1.27 bits per heavy atom. The van der Waals surface area contributed by atoms with E-state index in [2.05, 4.69) is 6.58 Å². The predicted octanol–water partition coefficient (Wildman–Crippen LogP) is 4.91. The first-order chi connectivity index (χ1) is 14.3. The smallest absolute Gasteiger partial charge is 0.168 e. The number of anilines is 1. The first kappa shape index (κ1) is 24.0. The zero-order valence-electron chi connectivity index (χ0n) is 18.2. The molecule has 0 radical (unpaired) electrons. The van der Waals surface area contributed by atoms with Gasteiger partial charge in [-0.05, 0) is 74.6 Å². The molecule has 2 atom stereocenters. The average Bonchev–Trinajstić information content (AvgIpc) is 2.72. The molecule has 30 heavy (non-hydrogen) atoms. The Kier molecular flexibility index (Phi) is 9.44. The fourth-order valence-electron chi connectivity index (χ4n) is 4.31. The maximum atomic E-state index is 12.5. The van der Waals surface area contributed by atoms with E-state index in [1.54, 1.807) is 12.1 Å². The molecule has 164 valence electrons. The van der Waals surface area contributed by atoms with Crippen LogP contribution in [0.15, 0.2) is 30.4 Å². The van der Waals surface area contributed by atoms with Crippen LogP contribution in [-0.4, -0.2) is 29.0 Å². The van der Waals surface area contributed by atoms with E-state index in [4.69, 9.17) is 11.1 Å². The van der Waals surface area contributed by atoms with Crippen molar-refractivity contribution in [2.45, 2.75) is 71.1 Å². The molecule has 0 amide bonds. The Balaban J connectivity index is 1.68. The Labute approximate surface area is 180 Å². The van der Waals surface area contributed by atoms with E-state index in [1.807, 2.05) is 13.0 Å². The van der Waals surface area contributed by atoms with Crippen LogP contribution in [0.2, 0.25) is 0 Å². The number of Topliss-reactive ketones (excluding diaryl/α,β-unsaturated/α-hetero) is 2. The molecule has 0 heterocycles. The predicted molar refractivity (Wildman–Crippen MR) is 122 cm³/mol. The third-order valence-electron chi connectivity index (χ3n) is 6.17. The highest BCUT2D eigenvalue weighted by atomic mass is 16.3. The number of rotatable bonds is 12. The Hall–Kier alpha value is -2.27. The normalized spacial score (nSPS) is 18.9. The van der Waals surface area contributed by atoms with Crippen LogP contribution in [0.1, 0.15) is 80.6 Å². The number of ketones is 2. The quantitative estimate of drug-likeness (QED) is 0.149. The van der Waals surface area contributed by atoms with Gasteiger partial charge in [-0.1, -0.05) is 19.1 Å². The van der Waals surface area contributed by atoms with Crippen LogP contribution in [0.3, 0.4) is 0 Å². The number of nitrogens with one attached hydrogen (secondary N) is 1. The Bertz CT molecular complexity index is 785. The standard InChI is InChI=1S/C25H36N2O3/c1-3-19-14-22(27)10-11-24(19)25(30)15-21(26)6-4-5-7-23(29)13-18-9-8-17(2)20(12-18)16-28/h10-11,14,18,20,26,28H,2-9,12-13,15-16,27H2,1H3/t18?,20-/m0/s1. The van der Waals surface area contributed by atoms with Crippen molar-refractivity contribution in [1.82, 2.24) is 0 Å². The largest absolute Gasteiger partial charge is 0.399 e. The number of aryl methyl sites for hydroxylation is 1. The molecule has 1 aliphatic carbocycles. The summed E-state index contributed by atoms with van der Waals surface area (Å²) >= 11 is 0. The zero-order chi connectivity index (χ0) is 22.1. The summed E-state index contributed by atoms with van der Waals surface area (Å²) in [5.74, 6) is 0.721. The van der Waals surface area contributed by atoms with Crippen LogP contribution >= 0.6 is 0 Å². The van der Waals surface area contributed by atoms with Gasteiger partial charge in [-0.25, -0.2) is 0 Å². The number of carbonyl (C=O) groups excluding carboxylic acids is 2. The van der Waals surface area contributed by atoms with Gasteiger partial charge in [0.2, 0.25) is 0 Å². The third kappa shape index (κ3) is 7.21. The minimum absolute atomic E-state index is 0.0368. The molecule has 1 saturated carbocycles. The van der Waals surface area contributed by atoms with Crippen molar-refractivity contribution in [2.75, 3.05) is 12.3 Å². The van der Waals surface area contributed by atoms with Gasteiger partial charge in [0.1, 0.15) is 5.78 Å². The summed E-state index contributed by atoms with van der Waals surface area (Å²) < 4.78 is 0. The fraction of sp³-hybridized carbons (Fsp3) is 0.560.